The number of hydrogen-bond acceptors (Lipinski definition) is 6. The van der Waals surface area contributed by atoms with Crippen LogP contribution in [0.5, 0.6) is 0 Å². The van der Waals surface area contributed by atoms with Crippen LogP contribution in [0.15, 0.2) is 21.9 Å². The molecular formula is C16H23N3O3S. The third kappa shape index (κ3) is 5.16. The van der Waals surface area contributed by atoms with E-state index in [-0.39, 0.29) is 5.91 Å². The van der Waals surface area contributed by atoms with Crippen molar-refractivity contribution >= 4 is 17.2 Å². The normalized spacial score (nSPS) is 11.2. The molecule has 0 saturated heterocycles. The van der Waals surface area contributed by atoms with E-state index in [2.05, 4.69) is 4.98 Å². The van der Waals surface area contributed by atoms with Gasteiger partial charge in [0.25, 0.3) is 5.91 Å². The van der Waals surface area contributed by atoms with E-state index in [4.69, 9.17) is 9.15 Å². The Balaban J connectivity index is 2.11. The number of thiazole rings is 1. The number of amides is 1. The predicted octanol–water partition coefficient (Wildman–Crippen LogP) is 2.39. The van der Waals surface area contributed by atoms with Crippen molar-refractivity contribution in [2.24, 2.45) is 0 Å². The first kappa shape index (κ1) is 17.7. The first-order valence-corrected chi connectivity index (χ1v) is 8.30. The first-order valence-electron chi connectivity index (χ1n) is 7.42. The van der Waals surface area contributed by atoms with Crippen molar-refractivity contribution in [2.75, 3.05) is 34.3 Å². The fourth-order valence-corrected chi connectivity index (χ4v) is 2.83. The maximum Gasteiger partial charge on any atom is 0.273 e. The highest BCUT2D eigenvalue weighted by Gasteiger charge is 2.20. The average Bonchev–Trinajstić information content (AvgIpc) is 3.12. The lowest BCUT2D eigenvalue weighted by Gasteiger charge is -2.22. The molecule has 0 unspecified atom stereocenters. The molecule has 2 aromatic rings. The van der Waals surface area contributed by atoms with E-state index in [1.54, 1.807) is 17.4 Å². The second-order valence-corrected chi connectivity index (χ2v) is 6.54. The molecule has 6 nitrogen and oxygen atoms in total. The molecular weight excluding hydrogens is 314 g/mol. The summed E-state index contributed by atoms with van der Waals surface area (Å²) >= 11 is 1.44. The standard InChI is InChI=1S/C16H23N3O3S/c1-12-5-6-13(22-12)9-19(8-7-18(2)3)16(20)14-11-23-15(17-14)10-21-4/h5-6,11H,7-10H2,1-4H3. The maximum atomic E-state index is 12.8. The van der Waals surface area contributed by atoms with E-state index in [9.17, 15) is 4.79 Å². The van der Waals surface area contributed by atoms with Crippen LogP contribution in [0.25, 0.3) is 0 Å². The van der Waals surface area contributed by atoms with Gasteiger partial charge in [-0.3, -0.25) is 4.79 Å². The number of methoxy groups -OCH3 is 1. The lowest BCUT2D eigenvalue weighted by atomic mass is 10.3. The van der Waals surface area contributed by atoms with Gasteiger partial charge in [0.15, 0.2) is 0 Å². The lowest BCUT2D eigenvalue weighted by molar-refractivity contribution is 0.0713. The van der Waals surface area contributed by atoms with Crippen molar-refractivity contribution in [1.29, 1.82) is 0 Å². The molecule has 0 saturated carbocycles. The zero-order valence-electron chi connectivity index (χ0n) is 14.0. The monoisotopic (exact) mass is 337 g/mol. The Hall–Kier alpha value is -1.70. The van der Waals surface area contributed by atoms with E-state index in [1.165, 1.54) is 11.3 Å². The highest BCUT2D eigenvalue weighted by Crippen LogP contribution is 2.16. The minimum Gasteiger partial charge on any atom is -0.464 e. The topological polar surface area (TPSA) is 58.8 Å². The van der Waals surface area contributed by atoms with Crippen LogP contribution in [-0.2, 0) is 17.9 Å². The summed E-state index contributed by atoms with van der Waals surface area (Å²) in [6, 6.07) is 3.81. The molecule has 7 heteroatoms. The molecule has 0 aliphatic carbocycles. The van der Waals surface area contributed by atoms with Crippen LogP contribution in [-0.4, -0.2) is 55.0 Å². The Kier molecular flexibility index (Phi) is 6.32. The first-order chi connectivity index (χ1) is 11.0. The maximum absolute atomic E-state index is 12.8. The molecule has 0 aliphatic heterocycles. The van der Waals surface area contributed by atoms with E-state index < -0.39 is 0 Å². The van der Waals surface area contributed by atoms with E-state index >= 15 is 0 Å². The number of aromatic nitrogens is 1. The van der Waals surface area contributed by atoms with Crippen molar-refractivity contribution in [3.05, 3.63) is 39.7 Å². The van der Waals surface area contributed by atoms with Crippen LogP contribution >= 0.6 is 11.3 Å². The van der Waals surface area contributed by atoms with Crippen molar-refractivity contribution < 1.29 is 13.9 Å². The molecule has 0 aliphatic rings. The Morgan fingerprint density at radius 1 is 1.35 bits per heavy atom. The Labute approximate surface area is 140 Å². The summed E-state index contributed by atoms with van der Waals surface area (Å²) in [5.41, 5.74) is 0.462. The number of likely N-dealkylation sites (N-methyl/N-ethyl adjacent to an activating group) is 1. The van der Waals surface area contributed by atoms with Gasteiger partial charge in [0.1, 0.15) is 22.2 Å². The summed E-state index contributed by atoms with van der Waals surface area (Å²) < 4.78 is 10.7. The number of ether oxygens (including phenoxy) is 1. The molecule has 0 fully saturated rings. The van der Waals surface area contributed by atoms with Crippen LogP contribution in [0.2, 0.25) is 0 Å². The van der Waals surface area contributed by atoms with Crippen LogP contribution in [0, 0.1) is 6.92 Å². The number of rotatable bonds is 8. The van der Waals surface area contributed by atoms with Crippen LogP contribution in [0.1, 0.15) is 27.0 Å². The molecule has 2 aromatic heterocycles. The number of aryl methyl sites for hydroxylation is 1. The number of nitrogens with zero attached hydrogens (tertiary/aromatic N) is 3. The van der Waals surface area contributed by atoms with Crippen LogP contribution < -0.4 is 0 Å². The van der Waals surface area contributed by atoms with Gasteiger partial charge in [0.2, 0.25) is 0 Å². The van der Waals surface area contributed by atoms with Gasteiger partial charge < -0.3 is 19.0 Å². The molecule has 1 amide bonds. The van der Waals surface area contributed by atoms with Gasteiger partial charge in [-0.1, -0.05) is 0 Å². The highest BCUT2D eigenvalue weighted by molar-refractivity contribution is 7.09. The van der Waals surface area contributed by atoms with Gasteiger partial charge >= 0.3 is 0 Å². The van der Waals surface area contributed by atoms with Crippen molar-refractivity contribution in [3.63, 3.8) is 0 Å². The summed E-state index contributed by atoms with van der Waals surface area (Å²) in [5.74, 6) is 1.54. The largest absolute Gasteiger partial charge is 0.464 e. The number of furan rings is 1. The second-order valence-electron chi connectivity index (χ2n) is 5.60. The molecule has 23 heavy (non-hydrogen) atoms. The van der Waals surface area contributed by atoms with Gasteiger partial charge in [0, 0.05) is 25.6 Å². The Bertz CT molecular complexity index is 636. The molecule has 0 spiro atoms. The SMILES string of the molecule is COCc1nc(C(=O)N(CCN(C)C)Cc2ccc(C)o2)cs1. The smallest absolute Gasteiger partial charge is 0.273 e. The van der Waals surface area contributed by atoms with Gasteiger partial charge in [-0.15, -0.1) is 11.3 Å². The van der Waals surface area contributed by atoms with Crippen molar-refractivity contribution in [2.45, 2.75) is 20.1 Å². The predicted molar refractivity (Wildman–Crippen MR) is 89.6 cm³/mol. The minimum absolute atomic E-state index is 0.0838. The fraction of sp³-hybridized carbons (Fsp3) is 0.500. The number of carbonyl (C=O) groups is 1. The fourth-order valence-electron chi connectivity index (χ4n) is 2.09. The summed E-state index contributed by atoms with van der Waals surface area (Å²) in [5, 5.41) is 2.59. The zero-order chi connectivity index (χ0) is 16.8. The van der Waals surface area contributed by atoms with Crippen LogP contribution in [0.3, 0.4) is 0 Å². The van der Waals surface area contributed by atoms with Crippen molar-refractivity contribution in [3.8, 4) is 0 Å². The molecule has 2 rings (SSSR count). The van der Waals surface area contributed by atoms with E-state index in [1.807, 2.05) is 38.1 Å². The summed E-state index contributed by atoms with van der Waals surface area (Å²) in [7, 11) is 5.59. The number of hydrogen-bond donors (Lipinski definition) is 0. The molecule has 0 atom stereocenters. The van der Waals surface area contributed by atoms with Gasteiger partial charge in [0.05, 0.1) is 13.2 Å². The average molecular weight is 337 g/mol. The minimum atomic E-state index is -0.0838. The molecule has 126 valence electrons. The lowest BCUT2D eigenvalue weighted by Crippen LogP contribution is -2.36. The second kappa shape index (κ2) is 8.24. The molecule has 0 radical (unpaired) electrons. The Morgan fingerprint density at radius 2 is 2.13 bits per heavy atom. The molecule has 2 heterocycles. The van der Waals surface area contributed by atoms with E-state index in [0.29, 0.717) is 25.4 Å². The summed E-state index contributed by atoms with van der Waals surface area (Å²) in [4.78, 5) is 20.9. The van der Waals surface area contributed by atoms with Gasteiger partial charge in [-0.25, -0.2) is 4.98 Å². The summed E-state index contributed by atoms with van der Waals surface area (Å²) in [6.07, 6.45) is 0. The molecule has 0 bridgehead atoms. The zero-order valence-corrected chi connectivity index (χ0v) is 14.9. The highest BCUT2D eigenvalue weighted by atomic mass is 32.1. The van der Waals surface area contributed by atoms with Gasteiger partial charge in [-0.05, 0) is 33.2 Å². The van der Waals surface area contributed by atoms with Crippen LogP contribution in [0.4, 0.5) is 0 Å². The van der Waals surface area contributed by atoms with Gasteiger partial charge in [-0.2, -0.15) is 0 Å². The summed E-state index contributed by atoms with van der Waals surface area (Å²) in [6.45, 7) is 4.15. The molecule has 0 aromatic carbocycles. The molecule has 0 N–H and O–H groups in total. The third-order valence-electron chi connectivity index (χ3n) is 3.29. The van der Waals surface area contributed by atoms with E-state index in [0.717, 1.165) is 23.1 Å². The quantitative estimate of drug-likeness (QED) is 0.740. The number of carbonyl (C=O) groups excluding carboxylic acids is 1. The third-order valence-corrected chi connectivity index (χ3v) is 4.11. The Morgan fingerprint density at radius 3 is 2.74 bits per heavy atom. The van der Waals surface area contributed by atoms with Crippen molar-refractivity contribution in [1.82, 2.24) is 14.8 Å².